The molecule has 4 amide bonds. The molecular formula is C84H114N8O16Si4. The minimum absolute atomic E-state index is 0.153. The molecule has 5 heterocycles. The molecule has 24 nitrogen and oxygen atoms in total. The molecule has 6 N–H and O–H groups in total. The van der Waals surface area contributed by atoms with Crippen LogP contribution in [0.25, 0.3) is 90.9 Å². The van der Waals surface area contributed by atoms with Crippen LogP contribution in [0.1, 0.15) is 157 Å². The van der Waals surface area contributed by atoms with Crippen LogP contribution in [0, 0.1) is 0 Å². The fourth-order valence-electron chi connectivity index (χ4n) is 14.3. The zero-order valence-corrected chi connectivity index (χ0v) is 71.3. The highest BCUT2D eigenvalue weighted by molar-refractivity contribution is 6.62. The van der Waals surface area contributed by atoms with Gasteiger partial charge < -0.3 is 84.3 Å². The molecular weight excluding hydrogens is 1490 g/mol. The van der Waals surface area contributed by atoms with Gasteiger partial charge in [0.15, 0.2) is 0 Å². The van der Waals surface area contributed by atoms with E-state index in [-0.39, 0.29) is 49.3 Å². The number of fused-ring (bicyclic) bond motifs is 8. The summed E-state index contributed by atoms with van der Waals surface area (Å²) in [7, 11) is -12.3. The van der Waals surface area contributed by atoms with Crippen LogP contribution in [0.4, 0.5) is 22.7 Å². The lowest BCUT2D eigenvalue weighted by Gasteiger charge is -2.28. The van der Waals surface area contributed by atoms with Crippen LogP contribution in [0.3, 0.4) is 0 Å². The number of H-pyrrole nitrogens is 2. The van der Waals surface area contributed by atoms with E-state index in [0.717, 1.165) is 0 Å². The lowest BCUT2D eigenvalue weighted by molar-refractivity contribution is -0.117. The average Bonchev–Trinajstić information content (AvgIpc) is 1.60. The maximum Gasteiger partial charge on any atom is 0.500 e. The van der Waals surface area contributed by atoms with Gasteiger partial charge in [0, 0.05) is 218 Å². The van der Waals surface area contributed by atoms with Crippen LogP contribution >= 0.6 is 0 Å². The molecule has 7 aromatic rings. The second kappa shape index (κ2) is 43.9. The van der Waals surface area contributed by atoms with Crippen molar-refractivity contribution in [3.05, 3.63) is 144 Å². The summed E-state index contributed by atoms with van der Waals surface area (Å²) in [6, 6.07) is 40.4. The van der Waals surface area contributed by atoms with Gasteiger partial charge in [0.05, 0.1) is 22.8 Å². The maximum atomic E-state index is 14.5. The number of amides is 4. The molecule has 0 radical (unpaired) electrons. The third kappa shape index (κ3) is 23.0. The highest BCUT2D eigenvalue weighted by atomic mass is 28.4. The molecule has 28 heteroatoms. The van der Waals surface area contributed by atoms with Crippen molar-refractivity contribution in [2.75, 3.05) is 101 Å². The van der Waals surface area contributed by atoms with Crippen molar-refractivity contribution in [1.29, 1.82) is 0 Å². The summed E-state index contributed by atoms with van der Waals surface area (Å²) in [6.45, 7) is 27.9. The first-order chi connectivity index (χ1) is 54.5. The number of nitrogens with zero attached hydrogens (tertiary/aromatic N) is 2. The van der Waals surface area contributed by atoms with Crippen molar-refractivity contribution in [1.82, 2.24) is 19.9 Å². The molecule has 0 atom stereocenters. The molecule has 602 valence electrons. The number of carbonyl (C=O) groups is 4. The van der Waals surface area contributed by atoms with Gasteiger partial charge in [-0.15, -0.1) is 0 Å². The maximum absolute atomic E-state index is 14.5. The number of benzene rings is 4. The molecule has 0 fully saturated rings. The molecule has 112 heavy (non-hydrogen) atoms. The van der Waals surface area contributed by atoms with E-state index in [1.807, 2.05) is 229 Å². The Morgan fingerprint density at radius 3 is 0.634 bits per heavy atom. The standard InChI is InChI=1S/C84H114N8O16Si4/c1-13-97-109(98-14-2,99-15-3)57-33-45-77(93)89-65-41-29-25-37-61(65)81-69-49-51-71(85-69)82(62-38-26-30-42-66(62)90-78(94)46-34-58-110(100-16-4,101-17-5)102-18-6)73-53-55-75(87-73)84(64-40-28-32-44-68(64)92-80(96)48-36-60-112(106-22-10,107-23-11)108-24-12)76-56-54-74(88-76)83(72-52-50-70(81)86-72)63-39-27-31-43-67(63)91-79(95)47-35-59-111(103-19-7,104-20-8)105-21-9/h25-32,37-44,49-56,85,88H,13-24,33-36,45-48,57-60H2,1-12H3,(H,89,93)(H,90,94)(H,91,95)(H,92,96). The van der Waals surface area contributed by atoms with Crippen molar-refractivity contribution in [2.24, 2.45) is 0 Å². The van der Waals surface area contributed by atoms with Crippen molar-refractivity contribution >= 4 is 128 Å². The van der Waals surface area contributed by atoms with Crippen LogP contribution in [0.2, 0.25) is 24.2 Å². The Hall–Kier alpha value is -8.25. The van der Waals surface area contributed by atoms with E-state index >= 15 is 0 Å². The van der Waals surface area contributed by atoms with E-state index in [1.54, 1.807) is 0 Å². The van der Waals surface area contributed by atoms with Crippen LogP contribution in [0.5, 0.6) is 0 Å². The SMILES string of the molecule is CCO[Si](CCCC(=O)Nc1ccccc1-c1c2nc(c(-c3ccccc3NC(=O)CCC[Si](OCC)(OCC)OCC)c3ccc([nH]3)c(-c3ccccc3NC(=O)CCC[Si](OCC)(OCC)OCC)c3nc(c(-c4ccccc4NC(=O)CCC[Si](OCC)(OCC)OCC)c4ccc1[nH]4)C=C3)C=C2)(OCC)OCC. The normalized spacial score (nSPS) is 12.4. The summed E-state index contributed by atoms with van der Waals surface area (Å²) >= 11 is 0. The highest BCUT2D eigenvalue weighted by Gasteiger charge is 2.43. The van der Waals surface area contributed by atoms with E-state index in [2.05, 4.69) is 31.2 Å². The van der Waals surface area contributed by atoms with Gasteiger partial charge in [0.2, 0.25) is 23.6 Å². The zero-order valence-electron chi connectivity index (χ0n) is 67.3. The zero-order chi connectivity index (χ0) is 79.9. The fourth-order valence-corrected chi connectivity index (χ4v) is 24.7. The summed E-state index contributed by atoms with van der Waals surface area (Å²) in [4.78, 5) is 77.0. The monoisotopic (exact) mass is 1600 g/mol. The number of hydrogen-bond acceptors (Lipinski definition) is 18. The second-order valence-corrected chi connectivity index (χ2v) is 37.1. The van der Waals surface area contributed by atoms with Gasteiger partial charge in [-0.3, -0.25) is 19.2 Å². The van der Waals surface area contributed by atoms with E-state index in [9.17, 15) is 19.2 Å². The van der Waals surface area contributed by atoms with Crippen molar-refractivity contribution < 1.29 is 72.3 Å². The number of para-hydroxylation sites is 4. The first kappa shape index (κ1) is 87.7. The molecule has 0 spiro atoms. The lowest BCUT2D eigenvalue weighted by atomic mass is 10.0. The average molecular weight is 1600 g/mol. The summed E-state index contributed by atoms with van der Waals surface area (Å²) in [5.74, 6) is -0.880. The Balaban J connectivity index is 1.29. The quantitative estimate of drug-likeness (QED) is 0.0193. The fraction of sp³-hybridized carbons (Fsp3) is 0.429. The molecule has 8 bridgehead atoms. The number of hydrogen-bond donors (Lipinski definition) is 6. The molecule has 0 aliphatic carbocycles. The first-order valence-electron chi connectivity index (χ1n) is 39.9. The first-order valence-corrected chi connectivity index (χ1v) is 47.6. The summed E-state index contributed by atoms with van der Waals surface area (Å²) < 4.78 is 74.1. The van der Waals surface area contributed by atoms with Crippen molar-refractivity contribution in [3.8, 4) is 44.5 Å². The van der Waals surface area contributed by atoms with Crippen molar-refractivity contribution in [3.63, 3.8) is 0 Å². The minimum atomic E-state index is -3.07. The summed E-state index contributed by atoms with van der Waals surface area (Å²) in [6.07, 6.45) is 10.3. The number of nitrogens with one attached hydrogen (secondary N) is 6. The van der Waals surface area contributed by atoms with E-state index in [0.29, 0.717) is 241 Å². The topological polar surface area (TPSA) is 285 Å². The third-order valence-electron chi connectivity index (χ3n) is 18.6. The smallest absolute Gasteiger partial charge is 0.374 e. The van der Waals surface area contributed by atoms with Gasteiger partial charge in [-0.1, -0.05) is 72.8 Å². The Bertz CT molecular complexity index is 3900. The Morgan fingerprint density at radius 1 is 0.277 bits per heavy atom. The lowest BCUT2D eigenvalue weighted by Crippen LogP contribution is -2.46. The van der Waals surface area contributed by atoms with Crippen LogP contribution in [0.15, 0.2) is 121 Å². The molecule has 4 aromatic carbocycles. The van der Waals surface area contributed by atoms with E-state index in [4.69, 9.17) is 63.1 Å². The largest absolute Gasteiger partial charge is 0.500 e. The summed E-state index contributed by atoms with van der Waals surface area (Å²) in [5, 5.41) is 13.1. The molecule has 2 aliphatic rings. The van der Waals surface area contributed by atoms with Gasteiger partial charge >= 0.3 is 35.2 Å². The van der Waals surface area contributed by atoms with E-state index < -0.39 is 35.2 Å². The Labute approximate surface area is 664 Å². The minimum Gasteiger partial charge on any atom is -0.374 e. The molecule has 0 saturated carbocycles. The predicted molar refractivity (Wildman–Crippen MR) is 454 cm³/mol. The van der Waals surface area contributed by atoms with Gasteiger partial charge in [0.1, 0.15) is 0 Å². The van der Waals surface area contributed by atoms with Gasteiger partial charge in [-0.2, -0.15) is 0 Å². The molecule has 9 rings (SSSR count). The second-order valence-electron chi connectivity index (χ2n) is 26.2. The third-order valence-corrected chi connectivity index (χ3v) is 31.2. The van der Waals surface area contributed by atoms with Gasteiger partial charge in [0.25, 0.3) is 0 Å². The van der Waals surface area contributed by atoms with Crippen LogP contribution in [-0.2, 0) is 72.3 Å². The molecule has 0 unspecified atom stereocenters. The van der Waals surface area contributed by atoms with Gasteiger partial charge in [-0.25, -0.2) is 9.97 Å². The van der Waals surface area contributed by atoms with E-state index in [1.165, 1.54) is 0 Å². The highest BCUT2D eigenvalue weighted by Crippen LogP contribution is 2.44. The number of carbonyl (C=O) groups excluding carboxylic acids is 4. The molecule has 0 saturated heterocycles. The number of anilines is 4. The van der Waals surface area contributed by atoms with Gasteiger partial charge in [-0.05, 0) is 182 Å². The molecule has 2 aliphatic heterocycles. The number of aromatic nitrogens is 4. The van der Waals surface area contributed by atoms with Crippen LogP contribution in [-0.4, -0.2) is 158 Å². The summed E-state index contributed by atoms with van der Waals surface area (Å²) in [5.41, 5.74) is 12.0. The Morgan fingerprint density at radius 2 is 0.455 bits per heavy atom. The number of aromatic amines is 2. The van der Waals surface area contributed by atoms with Crippen LogP contribution < -0.4 is 21.3 Å². The number of rotatable bonds is 48. The van der Waals surface area contributed by atoms with Crippen molar-refractivity contribution in [2.45, 2.75) is 159 Å². The predicted octanol–water partition coefficient (Wildman–Crippen LogP) is 18.4. The molecule has 3 aromatic heterocycles. The Kier molecular flexibility index (Phi) is 34.3.